The van der Waals surface area contributed by atoms with Crippen LogP contribution in [0.1, 0.15) is 5.56 Å². The van der Waals surface area contributed by atoms with Crippen LogP contribution in [0.5, 0.6) is 5.75 Å². The Hall–Kier alpha value is -2.34. The lowest BCUT2D eigenvalue weighted by Crippen LogP contribution is -2.01. The quantitative estimate of drug-likeness (QED) is 0.669. The third-order valence-corrected chi connectivity index (χ3v) is 3.15. The fourth-order valence-corrected chi connectivity index (χ4v) is 2.07. The van der Waals surface area contributed by atoms with E-state index in [2.05, 4.69) is 5.32 Å². The largest absolute Gasteiger partial charge is 0.495 e. The zero-order valence-corrected chi connectivity index (χ0v) is 11.9. The first-order valence-electron chi connectivity index (χ1n) is 6.01. The molecule has 2 aromatic rings. The van der Waals surface area contributed by atoms with Gasteiger partial charge in [-0.25, -0.2) is 0 Å². The number of hydrogen-bond acceptors (Lipinski definition) is 4. The van der Waals surface area contributed by atoms with Crippen molar-refractivity contribution in [1.82, 2.24) is 0 Å². The number of hydrogen-bond donors (Lipinski definition) is 1. The van der Waals surface area contributed by atoms with Crippen molar-refractivity contribution in [2.75, 3.05) is 12.4 Å². The van der Waals surface area contributed by atoms with Crippen molar-refractivity contribution in [3.8, 4) is 5.75 Å². The van der Waals surface area contributed by atoms with Crippen molar-refractivity contribution in [2.24, 2.45) is 0 Å². The predicted molar refractivity (Wildman–Crippen MR) is 78.4 cm³/mol. The number of benzene rings is 2. The number of nitro groups is 1. The molecule has 0 aliphatic carbocycles. The highest BCUT2D eigenvalue weighted by atomic mass is 35.5. The van der Waals surface area contributed by atoms with Gasteiger partial charge in [-0.3, -0.25) is 10.1 Å². The van der Waals surface area contributed by atoms with Crippen LogP contribution < -0.4 is 10.1 Å². The first-order valence-corrected chi connectivity index (χ1v) is 6.39. The van der Waals surface area contributed by atoms with Crippen molar-refractivity contribution >= 4 is 23.0 Å². The van der Waals surface area contributed by atoms with Gasteiger partial charge in [-0.05, 0) is 23.8 Å². The molecule has 0 radical (unpaired) electrons. The number of nitro benzene ring substituents is 1. The van der Waals surface area contributed by atoms with E-state index < -0.39 is 16.4 Å². The molecule has 7 heteroatoms. The van der Waals surface area contributed by atoms with Gasteiger partial charge in [0.1, 0.15) is 5.75 Å². The highest BCUT2D eigenvalue weighted by molar-refractivity contribution is 6.32. The van der Waals surface area contributed by atoms with E-state index in [9.17, 15) is 14.5 Å². The minimum atomic E-state index is -0.877. The second-order valence-electron chi connectivity index (χ2n) is 4.25. The fraction of sp³-hybridized carbons (Fsp3) is 0.143. The van der Waals surface area contributed by atoms with Crippen LogP contribution in [0, 0.1) is 15.9 Å². The molecule has 110 valence electrons. The van der Waals surface area contributed by atoms with Gasteiger partial charge >= 0.3 is 5.69 Å². The summed E-state index contributed by atoms with van der Waals surface area (Å²) in [5, 5.41) is 14.0. The average Bonchev–Trinajstić information content (AvgIpc) is 2.45. The summed E-state index contributed by atoms with van der Waals surface area (Å²) in [5.74, 6) is -0.306. The zero-order chi connectivity index (χ0) is 15.4. The summed E-state index contributed by atoms with van der Waals surface area (Å²) in [7, 11) is 1.53. The van der Waals surface area contributed by atoms with Crippen LogP contribution >= 0.6 is 11.6 Å². The summed E-state index contributed by atoms with van der Waals surface area (Å²) in [6.45, 7) is 0.404. The Morgan fingerprint density at radius 3 is 2.67 bits per heavy atom. The van der Waals surface area contributed by atoms with Gasteiger partial charge in [0.05, 0.1) is 17.1 Å². The van der Waals surface area contributed by atoms with Gasteiger partial charge in [-0.1, -0.05) is 17.7 Å². The lowest BCUT2D eigenvalue weighted by molar-refractivity contribution is -0.387. The third kappa shape index (κ3) is 3.61. The van der Waals surface area contributed by atoms with Crippen LogP contribution in [0.3, 0.4) is 0 Å². The van der Waals surface area contributed by atoms with Gasteiger partial charge in [0.2, 0.25) is 5.82 Å². The van der Waals surface area contributed by atoms with E-state index in [4.69, 9.17) is 16.3 Å². The van der Waals surface area contributed by atoms with Crippen molar-refractivity contribution in [3.63, 3.8) is 0 Å². The molecule has 0 atom stereocenters. The maximum absolute atomic E-state index is 13.5. The highest BCUT2D eigenvalue weighted by Crippen LogP contribution is 2.26. The monoisotopic (exact) mass is 310 g/mol. The number of rotatable bonds is 5. The van der Waals surface area contributed by atoms with Crippen molar-refractivity contribution in [1.29, 1.82) is 0 Å². The minimum Gasteiger partial charge on any atom is -0.495 e. The predicted octanol–water partition coefficient (Wildman–Crippen LogP) is 4.01. The molecule has 0 aromatic heterocycles. The van der Waals surface area contributed by atoms with Crippen LogP contribution in [0.2, 0.25) is 5.02 Å². The van der Waals surface area contributed by atoms with Gasteiger partial charge in [-0.2, -0.15) is 4.39 Å². The molecule has 0 spiro atoms. The van der Waals surface area contributed by atoms with Gasteiger partial charge in [0.15, 0.2) is 0 Å². The van der Waals surface area contributed by atoms with Crippen LogP contribution in [0.4, 0.5) is 15.8 Å². The first-order chi connectivity index (χ1) is 10.0. The SMILES string of the molecule is COc1ccc(CNc2ccc([N+](=O)[O-])c(F)c2)cc1Cl. The van der Waals surface area contributed by atoms with Crippen LogP contribution in [-0.4, -0.2) is 12.0 Å². The van der Waals surface area contributed by atoms with Crippen LogP contribution in [0.25, 0.3) is 0 Å². The number of halogens is 2. The van der Waals surface area contributed by atoms with E-state index in [1.54, 1.807) is 12.1 Å². The number of methoxy groups -OCH3 is 1. The van der Waals surface area contributed by atoms with E-state index in [0.717, 1.165) is 17.7 Å². The van der Waals surface area contributed by atoms with E-state index in [1.165, 1.54) is 13.2 Å². The zero-order valence-electron chi connectivity index (χ0n) is 11.1. The Morgan fingerprint density at radius 1 is 1.33 bits per heavy atom. The molecular formula is C14H12ClFN2O3. The second kappa shape index (κ2) is 6.41. The standard InChI is InChI=1S/C14H12ClFN2O3/c1-21-14-5-2-9(6-11(14)15)8-17-10-3-4-13(18(19)20)12(16)7-10/h2-7,17H,8H2,1H3. The Labute approximate surface area is 125 Å². The highest BCUT2D eigenvalue weighted by Gasteiger charge is 2.13. The molecule has 0 aliphatic heterocycles. The molecule has 1 N–H and O–H groups in total. The third-order valence-electron chi connectivity index (χ3n) is 2.86. The Bertz CT molecular complexity index is 679. The summed E-state index contributed by atoms with van der Waals surface area (Å²) < 4.78 is 18.5. The van der Waals surface area contributed by atoms with Gasteiger partial charge in [-0.15, -0.1) is 0 Å². The van der Waals surface area contributed by atoms with E-state index >= 15 is 0 Å². The Balaban J connectivity index is 2.08. The number of nitrogens with zero attached hydrogens (tertiary/aromatic N) is 1. The molecule has 0 aliphatic rings. The molecule has 2 aromatic carbocycles. The molecule has 21 heavy (non-hydrogen) atoms. The van der Waals surface area contributed by atoms with E-state index in [0.29, 0.717) is 23.0 Å². The Kier molecular flexibility index (Phi) is 4.59. The minimum absolute atomic E-state index is 0.404. The van der Waals surface area contributed by atoms with E-state index in [1.807, 2.05) is 6.07 Å². The number of anilines is 1. The topological polar surface area (TPSA) is 64.4 Å². The molecule has 0 saturated carbocycles. The molecule has 0 heterocycles. The van der Waals surface area contributed by atoms with Crippen molar-refractivity contribution in [2.45, 2.75) is 6.54 Å². The van der Waals surface area contributed by atoms with Gasteiger partial charge < -0.3 is 10.1 Å². The number of ether oxygens (including phenoxy) is 1. The fourth-order valence-electron chi connectivity index (χ4n) is 1.79. The maximum atomic E-state index is 13.5. The van der Waals surface area contributed by atoms with Crippen molar-refractivity contribution < 1.29 is 14.1 Å². The normalized spacial score (nSPS) is 10.2. The summed E-state index contributed by atoms with van der Waals surface area (Å²) in [4.78, 5) is 9.77. The first kappa shape index (κ1) is 15.1. The summed E-state index contributed by atoms with van der Waals surface area (Å²) >= 11 is 6.00. The smallest absolute Gasteiger partial charge is 0.304 e. The number of nitrogens with one attached hydrogen (secondary N) is 1. The maximum Gasteiger partial charge on any atom is 0.304 e. The van der Waals surface area contributed by atoms with Gasteiger partial charge in [0.25, 0.3) is 0 Å². The molecule has 0 bridgehead atoms. The molecule has 0 unspecified atom stereocenters. The summed E-state index contributed by atoms with van der Waals surface area (Å²) in [6, 6.07) is 8.94. The van der Waals surface area contributed by atoms with Crippen LogP contribution in [0.15, 0.2) is 36.4 Å². The Morgan fingerprint density at radius 2 is 2.10 bits per heavy atom. The molecule has 5 nitrogen and oxygen atoms in total. The molecule has 0 amide bonds. The molecular weight excluding hydrogens is 299 g/mol. The van der Waals surface area contributed by atoms with Gasteiger partial charge in [0, 0.05) is 24.4 Å². The van der Waals surface area contributed by atoms with Crippen LogP contribution in [-0.2, 0) is 6.54 Å². The lowest BCUT2D eigenvalue weighted by atomic mass is 10.2. The average molecular weight is 311 g/mol. The molecule has 2 rings (SSSR count). The second-order valence-corrected chi connectivity index (χ2v) is 4.65. The van der Waals surface area contributed by atoms with Crippen molar-refractivity contribution in [3.05, 3.63) is 62.9 Å². The lowest BCUT2D eigenvalue weighted by Gasteiger charge is -2.09. The summed E-state index contributed by atoms with van der Waals surface area (Å²) in [5.41, 5.74) is 0.776. The molecule has 0 saturated heterocycles. The molecule has 0 fully saturated rings. The summed E-state index contributed by atoms with van der Waals surface area (Å²) in [6.07, 6.45) is 0. The van der Waals surface area contributed by atoms with E-state index in [-0.39, 0.29) is 0 Å².